The Kier molecular flexibility index (Phi) is 4.52. The molecule has 2 aromatic carbocycles. The third-order valence-electron chi connectivity index (χ3n) is 3.09. The first-order valence-corrected chi connectivity index (χ1v) is 6.72. The Balaban J connectivity index is 2.26. The van der Waals surface area contributed by atoms with E-state index in [0.29, 0.717) is 23.6 Å². The first kappa shape index (κ1) is 15.0. The third-order valence-corrected chi connectivity index (χ3v) is 3.09. The van der Waals surface area contributed by atoms with Crippen LogP contribution in [-0.2, 0) is 0 Å². The second-order valence-corrected chi connectivity index (χ2v) is 4.68. The maximum atomic E-state index is 13.3. The Morgan fingerprint density at radius 3 is 2.67 bits per heavy atom. The van der Waals surface area contributed by atoms with Gasteiger partial charge in [0.1, 0.15) is 23.1 Å². The van der Waals surface area contributed by atoms with Crippen LogP contribution in [0.4, 0.5) is 10.1 Å². The Morgan fingerprint density at radius 2 is 1.95 bits per heavy atom. The van der Waals surface area contributed by atoms with Crippen molar-refractivity contribution in [1.82, 2.24) is 0 Å². The molecule has 0 amide bonds. The molecule has 0 aliphatic carbocycles. The van der Waals surface area contributed by atoms with Crippen molar-refractivity contribution < 1.29 is 19.3 Å². The number of benzene rings is 2. The van der Waals surface area contributed by atoms with Crippen molar-refractivity contribution in [3.63, 3.8) is 0 Å². The molecular weight excluding hydrogens is 273 g/mol. The molecule has 0 aromatic heterocycles. The van der Waals surface area contributed by atoms with E-state index in [1.54, 1.807) is 6.07 Å². The van der Waals surface area contributed by atoms with Gasteiger partial charge in [0.25, 0.3) is 0 Å². The summed E-state index contributed by atoms with van der Waals surface area (Å²) in [5.74, 6) is 0.175. The van der Waals surface area contributed by atoms with Crippen LogP contribution in [0.3, 0.4) is 0 Å². The number of phenolic OH excluding ortho intramolecular Hbond substituents is 2. The molecule has 2 rings (SSSR count). The Labute approximate surface area is 122 Å². The van der Waals surface area contributed by atoms with Crippen LogP contribution in [0, 0.1) is 5.82 Å². The van der Waals surface area contributed by atoms with Gasteiger partial charge in [-0.3, -0.25) is 0 Å². The maximum Gasteiger partial charge on any atom is 0.145 e. The van der Waals surface area contributed by atoms with E-state index in [0.717, 1.165) is 0 Å². The predicted molar refractivity (Wildman–Crippen MR) is 79.4 cm³/mol. The fourth-order valence-corrected chi connectivity index (χ4v) is 2.09. The van der Waals surface area contributed by atoms with Crippen LogP contribution in [0.25, 0.3) is 0 Å². The first-order valence-electron chi connectivity index (χ1n) is 6.72. The molecule has 0 aliphatic heterocycles. The van der Waals surface area contributed by atoms with Gasteiger partial charge in [-0.1, -0.05) is 0 Å². The quantitative estimate of drug-likeness (QED) is 0.733. The van der Waals surface area contributed by atoms with E-state index in [1.807, 2.05) is 13.8 Å². The van der Waals surface area contributed by atoms with E-state index >= 15 is 0 Å². The number of anilines is 1. The summed E-state index contributed by atoms with van der Waals surface area (Å²) in [6, 6.07) is 8.25. The minimum Gasteiger partial charge on any atom is -0.508 e. The van der Waals surface area contributed by atoms with Crippen molar-refractivity contribution in [2.24, 2.45) is 0 Å². The van der Waals surface area contributed by atoms with E-state index in [2.05, 4.69) is 5.32 Å². The molecule has 5 heteroatoms. The maximum absolute atomic E-state index is 13.3. The first-order chi connectivity index (χ1) is 10.0. The zero-order chi connectivity index (χ0) is 15.4. The highest BCUT2D eigenvalue weighted by Crippen LogP contribution is 2.33. The zero-order valence-corrected chi connectivity index (χ0v) is 11.9. The fraction of sp³-hybridized carbons (Fsp3) is 0.250. The van der Waals surface area contributed by atoms with Crippen molar-refractivity contribution >= 4 is 5.69 Å². The lowest BCUT2D eigenvalue weighted by Gasteiger charge is -2.19. The van der Waals surface area contributed by atoms with E-state index in [-0.39, 0.29) is 23.4 Å². The molecule has 0 heterocycles. The molecule has 21 heavy (non-hydrogen) atoms. The number of rotatable bonds is 5. The van der Waals surface area contributed by atoms with Crippen LogP contribution in [-0.4, -0.2) is 16.8 Å². The highest BCUT2D eigenvalue weighted by atomic mass is 19.1. The van der Waals surface area contributed by atoms with Crippen molar-refractivity contribution in [3.8, 4) is 17.2 Å². The number of phenols is 2. The molecule has 3 N–H and O–H groups in total. The van der Waals surface area contributed by atoms with Gasteiger partial charge in [-0.15, -0.1) is 0 Å². The Bertz CT molecular complexity index is 631. The van der Waals surface area contributed by atoms with Gasteiger partial charge in [0.15, 0.2) is 0 Å². The number of hydrogen-bond donors (Lipinski definition) is 3. The van der Waals surface area contributed by atoms with Gasteiger partial charge in [-0.2, -0.15) is 0 Å². The van der Waals surface area contributed by atoms with Gasteiger partial charge in [0, 0.05) is 11.6 Å². The molecule has 0 radical (unpaired) electrons. The number of hydrogen-bond acceptors (Lipinski definition) is 4. The van der Waals surface area contributed by atoms with Gasteiger partial charge >= 0.3 is 0 Å². The summed E-state index contributed by atoms with van der Waals surface area (Å²) in [5.41, 5.74) is 1.16. The van der Waals surface area contributed by atoms with Crippen LogP contribution in [0.15, 0.2) is 36.4 Å². The highest BCUT2D eigenvalue weighted by Gasteiger charge is 2.14. The van der Waals surface area contributed by atoms with Crippen LogP contribution < -0.4 is 10.1 Å². The highest BCUT2D eigenvalue weighted by molar-refractivity contribution is 5.58. The minimum atomic E-state index is -0.378. The Hall–Kier alpha value is -2.43. The lowest BCUT2D eigenvalue weighted by molar-refractivity contribution is 0.339. The molecule has 0 saturated heterocycles. The average Bonchev–Trinajstić information content (AvgIpc) is 2.44. The predicted octanol–water partition coefficient (Wildman–Crippen LogP) is 3.81. The molecule has 0 saturated carbocycles. The largest absolute Gasteiger partial charge is 0.508 e. The summed E-state index contributed by atoms with van der Waals surface area (Å²) in [4.78, 5) is 0. The summed E-state index contributed by atoms with van der Waals surface area (Å²) in [5, 5.41) is 22.5. The van der Waals surface area contributed by atoms with E-state index in [1.165, 1.54) is 30.3 Å². The van der Waals surface area contributed by atoms with E-state index < -0.39 is 0 Å². The fourth-order valence-electron chi connectivity index (χ4n) is 2.09. The number of aromatic hydroxyl groups is 2. The van der Waals surface area contributed by atoms with Crippen molar-refractivity contribution in [2.75, 3.05) is 11.9 Å². The molecule has 2 aromatic rings. The third kappa shape index (κ3) is 3.56. The lowest BCUT2D eigenvalue weighted by Crippen LogP contribution is -2.08. The van der Waals surface area contributed by atoms with Crippen LogP contribution in [0.5, 0.6) is 17.2 Å². The monoisotopic (exact) mass is 291 g/mol. The van der Waals surface area contributed by atoms with E-state index in [9.17, 15) is 14.6 Å². The summed E-state index contributed by atoms with van der Waals surface area (Å²) >= 11 is 0. The summed E-state index contributed by atoms with van der Waals surface area (Å²) in [7, 11) is 0. The minimum absolute atomic E-state index is 0.0700. The van der Waals surface area contributed by atoms with Crippen LogP contribution in [0.1, 0.15) is 25.5 Å². The normalized spacial score (nSPS) is 12.0. The van der Waals surface area contributed by atoms with Crippen LogP contribution in [0.2, 0.25) is 0 Å². The zero-order valence-electron chi connectivity index (χ0n) is 11.9. The number of nitrogens with one attached hydrogen (secondary N) is 1. The number of halogens is 1. The molecule has 0 bridgehead atoms. The average molecular weight is 291 g/mol. The summed E-state index contributed by atoms with van der Waals surface area (Å²) < 4.78 is 18.7. The van der Waals surface area contributed by atoms with Gasteiger partial charge in [-0.05, 0) is 44.2 Å². The SMILES string of the molecule is CCOc1cc(F)ccc1NC(C)c1cc(O)ccc1O. The molecule has 112 valence electrons. The topological polar surface area (TPSA) is 61.7 Å². The van der Waals surface area contributed by atoms with Crippen molar-refractivity contribution in [1.29, 1.82) is 0 Å². The standard InChI is InChI=1S/C16H18FNO3/c1-3-21-16-8-11(17)4-6-14(16)18-10(2)13-9-12(19)5-7-15(13)20/h4-10,18-20H,3H2,1-2H3. The van der Waals surface area contributed by atoms with Crippen LogP contribution >= 0.6 is 0 Å². The lowest BCUT2D eigenvalue weighted by atomic mass is 10.1. The summed E-state index contributed by atoms with van der Waals surface area (Å²) in [6.45, 7) is 4.07. The smallest absolute Gasteiger partial charge is 0.145 e. The molecule has 0 fully saturated rings. The molecule has 1 unspecified atom stereocenters. The van der Waals surface area contributed by atoms with Gasteiger partial charge < -0.3 is 20.3 Å². The Morgan fingerprint density at radius 1 is 1.19 bits per heavy atom. The second kappa shape index (κ2) is 6.35. The molecule has 4 nitrogen and oxygen atoms in total. The molecule has 1 atom stereocenters. The summed E-state index contributed by atoms with van der Waals surface area (Å²) in [6.07, 6.45) is 0. The van der Waals surface area contributed by atoms with Gasteiger partial charge in [-0.25, -0.2) is 4.39 Å². The van der Waals surface area contributed by atoms with E-state index in [4.69, 9.17) is 4.74 Å². The molecular formula is C16H18FNO3. The van der Waals surface area contributed by atoms with Crippen molar-refractivity contribution in [2.45, 2.75) is 19.9 Å². The van der Waals surface area contributed by atoms with Gasteiger partial charge in [0.2, 0.25) is 0 Å². The molecule has 0 spiro atoms. The second-order valence-electron chi connectivity index (χ2n) is 4.68. The van der Waals surface area contributed by atoms with Crippen molar-refractivity contribution in [3.05, 3.63) is 47.8 Å². The van der Waals surface area contributed by atoms with Gasteiger partial charge in [0.05, 0.1) is 18.3 Å². The number of ether oxygens (including phenoxy) is 1. The molecule has 0 aliphatic rings.